The van der Waals surface area contributed by atoms with Crippen molar-refractivity contribution >= 4 is 17.6 Å². The highest BCUT2D eigenvalue weighted by Crippen LogP contribution is 2.15. The van der Waals surface area contributed by atoms with E-state index in [9.17, 15) is 9.59 Å². The van der Waals surface area contributed by atoms with Gasteiger partial charge in [0.2, 0.25) is 0 Å². The Hall–Kier alpha value is -2.63. The Morgan fingerprint density at radius 2 is 1.91 bits per heavy atom. The summed E-state index contributed by atoms with van der Waals surface area (Å²) < 4.78 is 5.00. The molecule has 0 radical (unpaired) electrons. The molecule has 2 aromatic rings. The molecule has 1 aromatic heterocycles. The van der Waals surface area contributed by atoms with Crippen LogP contribution in [0.1, 0.15) is 28.1 Å². The molecule has 0 spiro atoms. The Kier molecular flexibility index (Phi) is 4.93. The summed E-state index contributed by atoms with van der Waals surface area (Å²) >= 11 is 0. The average molecular weight is 302 g/mol. The summed E-state index contributed by atoms with van der Waals surface area (Å²) in [6.45, 7) is 3.94. The van der Waals surface area contributed by atoms with Gasteiger partial charge in [-0.05, 0) is 13.8 Å². The summed E-state index contributed by atoms with van der Waals surface area (Å²) in [5.41, 5.74) is 1.66. The van der Waals surface area contributed by atoms with Gasteiger partial charge in [0.15, 0.2) is 11.6 Å². The lowest BCUT2D eigenvalue weighted by Gasteiger charge is -2.20. The first kappa shape index (κ1) is 15.8. The second kappa shape index (κ2) is 6.89. The number of nitrogens with zero attached hydrogens (tertiary/aromatic N) is 2. The Balaban J connectivity index is 2.12. The summed E-state index contributed by atoms with van der Waals surface area (Å²) in [5.74, 6) is 0.0661. The highest BCUT2D eigenvalue weighted by molar-refractivity contribution is 5.99. The van der Waals surface area contributed by atoms with Crippen molar-refractivity contribution in [2.45, 2.75) is 20.3 Å². The fraction of sp³-hybridized carbons (Fsp3) is 0.312. The fourth-order valence-electron chi connectivity index (χ4n) is 2.01. The van der Waals surface area contributed by atoms with Gasteiger partial charge in [0.05, 0.1) is 13.0 Å². The van der Waals surface area contributed by atoms with Crippen LogP contribution in [0.15, 0.2) is 34.9 Å². The van der Waals surface area contributed by atoms with Crippen molar-refractivity contribution in [1.29, 1.82) is 0 Å². The molecule has 0 aliphatic rings. The molecule has 0 fully saturated rings. The Morgan fingerprint density at radius 3 is 2.45 bits per heavy atom. The third-order valence-electron chi connectivity index (χ3n) is 3.24. The predicted molar refractivity (Wildman–Crippen MR) is 81.2 cm³/mol. The van der Waals surface area contributed by atoms with Crippen molar-refractivity contribution in [1.82, 2.24) is 5.16 Å². The normalized spacial score (nSPS) is 10.5. The summed E-state index contributed by atoms with van der Waals surface area (Å²) in [5, 5.41) is 12.7. The van der Waals surface area contributed by atoms with Crippen LogP contribution in [0.3, 0.4) is 0 Å². The van der Waals surface area contributed by atoms with E-state index < -0.39 is 5.97 Å². The summed E-state index contributed by atoms with van der Waals surface area (Å²) in [4.78, 5) is 24.7. The number of hydrogen-bond donors (Lipinski definition) is 1. The number of hydrogen-bond acceptors (Lipinski definition) is 5. The number of Topliss-reactive ketones (excluding diaryl/α,β-unsaturated/α-hetero) is 1. The molecule has 0 unspecified atom stereocenters. The molecule has 0 atom stereocenters. The molecule has 116 valence electrons. The topological polar surface area (TPSA) is 83.6 Å². The number of rotatable bonds is 7. The van der Waals surface area contributed by atoms with Crippen molar-refractivity contribution in [3.05, 3.63) is 47.2 Å². The number of carboxylic acid groups (broad SMARTS) is 1. The third kappa shape index (κ3) is 4.18. The second-order valence-corrected chi connectivity index (χ2v) is 5.15. The lowest BCUT2D eigenvalue weighted by molar-refractivity contribution is -0.136. The zero-order chi connectivity index (χ0) is 16.1. The van der Waals surface area contributed by atoms with E-state index in [4.69, 9.17) is 9.63 Å². The van der Waals surface area contributed by atoms with E-state index in [1.807, 2.05) is 19.1 Å². The molecule has 2 rings (SSSR count). The SMILES string of the molecule is Cc1ccc(C(=O)CN(CCC(=O)O)c2cc(C)on2)cc1. The first-order valence-electron chi connectivity index (χ1n) is 6.95. The molecule has 1 aromatic carbocycles. The first-order chi connectivity index (χ1) is 10.5. The van der Waals surface area contributed by atoms with Crippen LogP contribution in [0.4, 0.5) is 5.82 Å². The first-order valence-corrected chi connectivity index (χ1v) is 6.95. The van der Waals surface area contributed by atoms with Gasteiger partial charge in [-0.25, -0.2) is 0 Å². The van der Waals surface area contributed by atoms with Crippen molar-refractivity contribution in [2.75, 3.05) is 18.0 Å². The smallest absolute Gasteiger partial charge is 0.305 e. The van der Waals surface area contributed by atoms with E-state index >= 15 is 0 Å². The minimum Gasteiger partial charge on any atom is -0.481 e. The average Bonchev–Trinajstić information content (AvgIpc) is 2.90. The van der Waals surface area contributed by atoms with Gasteiger partial charge in [0.1, 0.15) is 5.76 Å². The van der Waals surface area contributed by atoms with Crippen LogP contribution in [0, 0.1) is 13.8 Å². The molecule has 1 heterocycles. The number of carbonyl (C=O) groups is 2. The molecule has 0 aliphatic carbocycles. The van der Waals surface area contributed by atoms with Gasteiger partial charge in [0.25, 0.3) is 0 Å². The maximum absolute atomic E-state index is 12.3. The lowest BCUT2D eigenvalue weighted by Crippen LogP contribution is -2.32. The minimum atomic E-state index is -0.923. The van der Waals surface area contributed by atoms with Crippen LogP contribution >= 0.6 is 0 Å². The maximum Gasteiger partial charge on any atom is 0.305 e. The van der Waals surface area contributed by atoms with Gasteiger partial charge in [0, 0.05) is 18.2 Å². The van der Waals surface area contributed by atoms with Crippen LogP contribution < -0.4 is 4.90 Å². The van der Waals surface area contributed by atoms with Crippen molar-refractivity contribution in [3.63, 3.8) is 0 Å². The van der Waals surface area contributed by atoms with Gasteiger partial charge in [-0.1, -0.05) is 35.0 Å². The van der Waals surface area contributed by atoms with E-state index in [2.05, 4.69) is 5.16 Å². The molecule has 1 N–H and O–H groups in total. The number of aryl methyl sites for hydroxylation is 2. The molecule has 6 nitrogen and oxygen atoms in total. The maximum atomic E-state index is 12.3. The molecular weight excluding hydrogens is 284 g/mol. The summed E-state index contributed by atoms with van der Waals surface area (Å²) in [6.07, 6.45) is -0.0763. The van der Waals surface area contributed by atoms with Gasteiger partial charge in [-0.2, -0.15) is 0 Å². The number of aromatic nitrogens is 1. The van der Waals surface area contributed by atoms with Crippen LogP contribution in [0.2, 0.25) is 0 Å². The van der Waals surface area contributed by atoms with Crippen LogP contribution in [0.5, 0.6) is 0 Å². The van der Waals surface area contributed by atoms with Crippen LogP contribution in [-0.4, -0.2) is 35.1 Å². The molecule has 0 bridgehead atoms. The monoisotopic (exact) mass is 302 g/mol. The van der Waals surface area contributed by atoms with Crippen molar-refractivity contribution in [3.8, 4) is 0 Å². The Bertz CT molecular complexity index is 661. The number of aliphatic carboxylic acids is 1. The molecule has 0 amide bonds. The quantitative estimate of drug-likeness (QED) is 0.791. The van der Waals surface area contributed by atoms with Gasteiger partial charge in [-0.15, -0.1) is 0 Å². The number of anilines is 1. The number of carboxylic acids is 1. The van der Waals surface area contributed by atoms with Gasteiger partial charge in [-0.3, -0.25) is 9.59 Å². The zero-order valence-electron chi connectivity index (χ0n) is 12.6. The zero-order valence-corrected chi connectivity index (χ0v) is 12.6. The van der Waals surface area contributed by atoms with E-state index in [1.165, 1.54) is 0 Å². The molecular formula is C16H18N2O4. The third-order valence-corrected chi connectivity index (χ3v) is 3.24. The molecule has 0 aliphatic heterocycles. The Morgan fingerprint density at radius 1 is 1.23 bits per heavy atom. The number of carbonyl (C=O) groups excluding carboxylic acids is 1. The lowest BCUT2D eigenvalue weighted by atomic mass is 10.1. The standard InChI is InChI=1S/C16H18N2O4/c1-11-3-5-13(6-4-11)14(19)10-18(8-7-16(20)21)15-9-12(2)22-17-15/h3-6,9H,7-8,10H2,1-2H3,(H,20,21). The van der Waals surface area contributed by atoms with Crippen molar-refractivity contribution in [2.24, 2.45) is 0 Å². The minimum absolute atomic E-state index is 0.0579. The van der Waals surface area contributed by atoms with E-state index in [0.717, 1.165) is 5.56 Å². The second-order valence-electron chi connectivity index (χ2n) is 5.15. The van der Waals surface area contributed by atoms with E-state index in [1.54, 1.807) is 30.0 Å². The largest absolute Gasteiger partial charge is 0.481 e. The highest BCUT2D eigenvalue weighted by Gasteiger charge is 2.17. The highest BCUT2D eigenvalue weighted by atomic mass is 16.5. The predicted octanol–water partition coefficient (Wildman–Crippen LogP) is 2.46. The molecule has 22 heavy (non-hydrogen) atoms. The Labute approximate surface area is 128 Å². The van der Waals surface area contributed by atoms with Crippen LogP contribution in [0.25, 0.3) is 0 Å². The summed E-state index contributed by atoms with van der Waals surface area (Å²) in [7, 11) is 0. The molecule has 0 saturated carbocycles. The molecule has 0 saturated heterocycles. The molecule has 6 heteroatoms. The van der Waals surface area contributed by atoms with Gasteiger partial charge >= 0.3 is 5.97 Å². The number of ketones is 1. The van der Waals surface area contributed by atoms with E-state index in [-0.39, 0.29) is 25.3 Å². The van der Waals surface area contributed by atoms with Gasteiger partial charge < -0.3 is 14.5 Å². The van der Waals surface area contributed by atoms with Crippen molar-refractivity contribution < 1.29 is 19.2 Å². The fourth-order valence-corrected chi connectivity index (χ4v) is 2.01. The summed E-state index contributed by atoms with van der Waals surface area (Å²) in [6, 6.07) is 8.95. The number of benzene rings is 1. The van der Waals surface area contributed by atoms with Crippen LogP contribution in [-0.2, 0) is 4.79 Å². The van der Waals surface area contributed by atoms with E-state index in [0.29, 0.717) is 17.1 Å².